The summed E-state index contributed by atoms with van der Waals surface area (Å²) in [4.78, 5) is 0. The molecule has 0 aliphatic carbocycles. The highest BCUT2D eigenvalue weighted by molar-refractivity contribution is 7.98. The molecule has 27 heavy (non-hydrogen) atoms. The smallest absolute Gasteiger partial charge is 0.277 e. The summed E-state index contributed by atoms with van der Waals surface area (Å²) in [6.45, 7) is 4.19. The summed E-state index contributed by atoms with van der Waals surface area (Å²) in [5.74, 6) is 2.76. The number of aromatic nitrogens is 2. The summed E-state index contributed by atoms with van der Waals surface area (Å²) < 4.78 is 21.9. The van der Waals surface area contributed by atoms with Crippen molar-refractivity contribution in [3.63, 3.8) is 0 Å². The van der Waals surface area contributed by atoms with Crippen molar-refractivity contribution in [2.24, 2.45) is 0 Å². The second kappa shape index (κ2) is 8.35. The van der Waals surface area contributed by atoms with Crippen LogP contribution in [-0.4, -0.2) is 31.5 Å². The minimum absolute atomic E-state index is 0.400. The van der Waals surface area contributed by atoms with Gasteiger partial charge in [0.05, 0.1) is 21.3 Å². The van der Waals surface area contributed by atoms with Gasteiger partial charge in [-0.2, -0.15) is 0 Å². The van der Waals surface area contributed by atoms with Crippen LogP contribution in [0.5, 0.6) is 17.2 Å². The summed E-state index contributed by atoms with van der Waals surface area (Å²) in [6, 6.07) is 10.1. The van der Waals surface area contributed by atoms with Gasteiger partial charge in [-0.05, 0) is 31.5 Å². The maximum atomic E-state index is 5.81. The molecule has 0 unspecified atom stereocenters. The lowest BCUT2D eigenvalue weighted by molar-refractivity contribution is 0.324. The monoisotopic (exact) mass is 386 g/mol. The molecule has 0 aliphatic rings. The molecule has 1 aromatic heterocycles. The molecule has 0 aliphatic heterocycles. The molecule has 0 radical (unpaired) electrons. The third-order valence-corrected chi connectivity index (χ3v) is 4.85. The van der Waals surface area contributed by atoms with E-state index in [0.29, 0.717) is 33.9 Å². The molecule has 0 spiro atoms. The molecular formula is C20H22N2O4S. The maximum Gasteiger partial charge on any atom is 0.277 e. The van der Waals surface area contributed by atoms with Crippen LogP contribution in [0.2, 0.25) is 0 Å². The van der Waals surface area contributed by atoms with Gasteiger partial charge in [-0.15, -0.1) is 10.2 Å². The van der Waals surface area contributed by atoms with Crippen LogP contribution in [0.3, 0.4) is 0 Å². The SMILES string of the molecule is COc1cc(-c2nnc(SCc3cc(C)cc(C)c3)o2)cc(OC)c1OC. The van der Waals surface area contributed by atoms with Gasteiger partial charge < -0.3 is 18.6 Å². The van der Waals surface area contributed by atoms with Gasteiger partial charge in [0.15, 0.2) is 11.5 Å². The molecule has 7 heteroatoms. The van der Waals surface area contributed by atoms with E-state index in [-0.39, 0.29) is 0 Å². The van der Waals surface area contributed by atoms with Crippen LogP contribution >= 0.6 is 11.8 Å². The number of benzene rings is 2. The molecule has 0 saturated heterocycles. The van der Waals surface area contributed by atoms with Crippen molar-refractivity contribution in [2.45, 2.75) is 24.8 Å². The lowest BCUT2D eigenvalue weighted by Crippen LogP contribution is -1.95. The molecule has 1 heterocycles. The molecule has 3 rings (SSSR count). The highest BCUT2D eigenvalue weighted by Crippen LogP contribution is 2.41. The zero-order valence-corrected chi connectivity index (χ0v) is 16.8. The van der Waals surface area contributed by atoms with Gasteiger partial charge in [0.2, 0.25) is 11.6 Å². The minimum atomic E-state index is 0.400. The summed E-state index contributed by atoms with van der Waals surface area (Å²) in [7, 11) is 4.70. The molecule has 6 nitrogen and oxygen atoms in total. The number of thioether (sulfide) groups is 1. The predicted molar refractivity (Wildman–Crippen MR) is 105 cm³/mol. The Balaban J connectivity index is 1.81. The third-order valence-electron chi connectivity index (χ3n) is 3.96. The van der Waals surface area contributed by atoms with E-state index in [4.69, 9.17) is 18.6 Å². The number of aryl methyl sites for hydroxylation is 2. The quantitative estimate of drug-likeness (QED) is 0.547. The molecular weight excluding hydrogens is 364 g/mol. The number of hydrogen-bond acceptors (Lipinski definition) is 7. The van der Waals surface area contributed by atoms with E-state index in [1.165, 1.54) is 28.5 Å². The first-order valence-corrected chi connectivity index (χ1v) is 9.36. The Hall–Kier alpha value is -2.67. The van der Waals surface area contributed by atoms with Crippen LogP contribution in [0.25, 0.3) is 11.5 Å². The normalized spacial score (nSPS) is 10.7. The zero-order chi connectivity index (χ0) is 19.4. The Labute approximate surface area is 162 Å². The van der Waals surface area contributed by atoms with E-state index in [1.54, 1.807) is 33.5 Å². The van der Waals surface area contributed by atoms with E-state index in [1.807, 2.05) is 0 Å². The van der Waals surface area contributed by atoms with Gasteiger partial charge in [-0.1, -0.05) is 41.1 Å². The molecule has 142 valence electrons. The Kier molecular flexibility index (Phi) is 5.91. The Morgan fingerprint density at radius 2 is 1.48 bits per heavy atom. The molecule has 0 N–H and O–H groups in total. The molecule has 2 aromatic carbocycles. The van der Waals surface area contributed by atoms with Crippen molar-refractivity contribution in [2.75, 3.05) is 21.3 Å². The molecule has 0 atom stereocenters. The maximum absolute atomic E-state index is 5.81. The summed E-state index contributed by atoms with van der Waals surface area (Å²) in [6.07, 6.45) is 0. The van der Waals surface area contributed by atoms with Crippen molar-refractivity contribution in [1.29, 1.82) is 0 Å². The van der Waals surface area contributed by atoms with Gasteiger partial charge in [0, 0.05) is 11.3 Å². The summed E-state index contributed by atoms with van der Waals surface area (Å²) in [5, 5.41) is 8.80. The first-order chi connectivity index (χ1) is 13.0. The molecule has 0 fully saturated rings. The van der Waals surface area contributed by atoms with E-state index in [9.17, 15) is 0 Å². The molecule has 0 bridgehead atoms. The highest BCUT2D eigenvalue weighted by Gasteiger charge is 2.17. The first kappa shape index (κ1) is 19.1. The van der Waals surface area contributed by atoms with Crippen molar-refractivity contribution < 1.29 is 18.6 Å². The fraction of sp³-hybridized carbons (Fsp3) is 0.300. The number of ether oxygens (including phenoxy) is 3. The van der Waals surface area contributed by atoms with E-state index < -0.39 is 0 Å². The highest BCUT2D eigenvalue weighted by atomic mass is 32.2. The van der Waals surface area contributed by atoms with Crippen LogP contribution in [-0.2, 0) is 5.75 Å². The molecule has 3 aromatic rings. The second-order valence-electron chi connectivity index (χ2n) is 6.07. The van der Waals surface area contributed by atoms with Gasteiger partial charge in [0.25, 0.3) is 5.22 Å². The predicted octanol–water partition coefficient (Wildman–Crippen LogP) is 4.67. The van der Waals surface area contributed by atoms with Crippen LogP contribution in [0, 0.1) is 13.8 Å². The van der Waals surface area contributed by atoms with Crippen molar-refractivity contribution in [3.05, 3.63) is 47.0 Å². The Morgan fingerprint density at radius 3 is 2.04 bits per heavy atom. The van der Waals surface area contributed by atoms with Gasteiger partial charge >= 0.3 is 0 Å². The summed E-state index contributed by atoms with van der Waals surface area (Å²) in [5.41, 5.74) is 4.42. The van der Waals surface area contributed by atoms with Crippen LogP contribution < -0.4 is 14.2 Å². The fourth-order valence-electron chi connectivity index (χ4n) is 2.89. The average molecular weight is 386 g/mol. The van der Waals surface area contributed by atoms with Crippen LogP contribution in [0.4, 0.5) is 0 Å². The molecule has 0 saturated carbocycles. The Morgan fingerprint density at radius 1 is 0.852 bits per heavy atom. The number of methoxy groups -OCH3 is 3. The largest absolute Gasteiger partial charge is 0.493 e. The zero-order valence-electron chi connectivity index (χ0n) is 16.0. The summed E-state index contributed by atoms with van der Waals surface area (Å²) >= 11 is 1.51. The van der Waals surface area contributed by atoms with Gasteiger partial charge in [-0.25, -0.2) is 0 Å². The lowest BCUT2D eigenvalue weighted by atomic mass is 10.1. The van der Waals surface area contributed by atoms with E-state index in [0.717, 1.165) is 5.75 Å². The standard InChI is InChI=1S/C20H22N2O4S/c1-12-6-13(2)8-14(7-12)11-27-20-22-21-19(26-20)15-9-16(23-3)18(25-5)17(10-15)24-4/h6-10H,11H2,1-5H3. The van der Waals surface area contributed by atoms with Crippen LogP contribution in [0.1, 0.15) is 16.7 Å². The fourth-order valence-corrected chi connectivity index (χ4v) is 3.58. The van der Waals surface area contributed by atoms with E-state index >= 15 is 0 Å². The number of nitrogens with zero attached hydrogens (tertiary/aromatic N) is 2. The minimum Gasteiger partial charge on any atom is -0.493 e. The number of hydrogen-bond donors (Lipinski definition) is 0. The van der Waals surface area contributed by atoms with Crippen molar-refractivity contribution >= 4 is 11.8 Å². The van der Waals surface area contributed by atoms with Gasteiger partial charge in [0.1, 0.15) is 0 Å². The lowest BCUT2D eigenvalue weighted by Gasteiger charge is -2.12. The van der Waals surface area contributed by atoms with Gasteiger partial charge in [-0.3, -0.25) is 0 Å². The Bertz CT molecular complexity index is 894. The van der Waals surface area contributed by atoms with Crippen molar-refractivity contribution in [3.8, 4) is 28.7 Å². The third kappa shape index (κ3) is 4.36. The number of rotatable bonds is 7. The van der Waals surface area contributed by atoms with Crippen molar-refractivity contribution in [1.82, 2.24) is 10.2 Å². The molecule has 0 amide bonds. The average Bonchev–Trinajstić information content (AvgIpc) is 3.13. The van der Waals surface area contributed by atoms with E-state index in [2.05, 4.69) is 42.2 Å². The first-order valence-electron chi connectivity index (χ1n) is 8.38. The topological polar surface area (TPSA) is 66.6 Å². The second-order valence-corrected chi connectivity index (χ2v) is 7.00. The van der Waals surface area contributed by atoms with Crippen LogP contribution in [0.15, 0.2) is 40.0 Å².